The van der Waals surface area contributed by atoms with Crippen molar-refractivity contribution in [1.29, 1.82) is 0 Å². The van der Waals surface area contributed by atoms with Crippen molar-refractivity contribution in [3.05, 3.63) is 60.2 Å². The molecule has 0 saturated carbocycles. The van der Waals surface area contributed by atoms with Crippen LogP contribution >= 0.6 is 11.6 Å². The Morgan fingerprint density at radius 3 is 2.60 bits per heavy atom. The van der Waals surface area contributed by atoms with Crippen molar-refractivity contribution < 1.29 is 9.53 Å². The van der Waals surface area contributed by atoms with E-state index >= 15 is 0 Å². The van der Waals surface area contributed by atoms with Crippen molar-refractivity contribution in [2.45, 2.75) is 6.04 Å². The summed E-state index contributed by atoms with van der Waals surface area (Å²) in [6, 6.07) is 17.3. The summed E-state index contributed by atoms with van der Waals surface area (Å²) in [6.45, 7) is 0.434. The van der Waals surface area contributed by atoms with E-state index < -0.39 is 0 Å². The highest BCUT2D eigenvalue weighted by molar-refractivity contribution is 6.29. The molecule has 1 aliphatic heterocycles. The summed E-state index contributed by atoms with van der Waals surface area (Å²) in [5.74, 6) is 0.562. The number of rotatable bonds is 2. The molecule has 2 aromatic carbocycles. The van der Waals surface area contributed by atoms with E-state index in [-0.39, 0.29) is 17.8 Å². The fourth-order valence-electron chi connectivity index (χ4n) is 2.48. The van der Waals surface area contributed by atoms with Crippen LogP contribution in [0.15, 0.2) is 54.6 Å². The number of nitrogens with zero attached hydrogens (tertiary/aromatic N) is 1. The molecule has 0 bridgehead atoms. The highest BCUT2D eigenvalue weighted by Crippen LogP contribution is 2.39. The van der Waals surface area contributed by atoms with Gasteiger partial charge in [-0.15, -0.1) is 11.6 Å². The number of carbonyl (C=O) groups excluding carboxylic acids is 1. The Morgan fingerprint density at radius 2 is 1.85 bits per heavy atom. The van der Waals surface area contributed by atoms with Gasteiger partial charge < -0.3 is 4.74 Å². The van der Waals surface area contributed by atoms with Gasteiger partial charge >= 0.3 is 0 Å². The van der Waals surface area contributed by atoms with E-state index in [0.29, 0.717) is 6.61 Å². The van der Waals surface area contributed by atoms with E-state index in [0.717, 1.165) is 17.0 Å². The Labute approximate surface area is 122 Å². The summed E-state index contributed by atoms with van der Waals surface area (Å²) < 4.78 is 5.78. The first-order chi connectivity index (χ1) is 9.81. The molecule has 1 amide bonds. The lowest BCUT2D eigenvalue weighted by Crippen LogP contribution is -2.41. The van der Waals surface area contributed by atoms with Crippen LogP contribution < -0.4 is 9.64 Å². The third kappa shape index (κ3) is 2.25. The van der Waals surface area contributed by atoms with Crippen molar-refractivity contribution in [2.24, 2.45) is 0 Å². The van der Waals surface area contributed by atoms with Gasteiger partial charge in [0, 0.05) is 0 Å². The number of halogens is 1. The maximum Gasteiger partial charge on any atom is 0.242 e. The lowest BCUT2D eigenvalue weighted by atomic mass is 10.0. The van der Waals surface area contributed by atoms with Crippen LogP contribution in [-0.4, -0.2) is 18.4 Å². The maximum absolute atomic E-state index is 12.3. The van der Waals surface area contributed by atoms with E-state index in [1.807, 2.05) is 54.6 Å². The Bertz CT molecular complexity index is 615. The molecule has 1 atom stereocenters. The zero-order chi connectivity index (χ0) is 13.9. The van der Waals surface area contributed by atoms with Gasteiger partial charge in [-0.1, -0.05) is 42.5 Å². The van der Waals surface area contributed by atoms with Gasteiger partial charge in [0.1, 0.15) is 18.2 Å². The molecule has 102 valence electrons. The molecular formula is C16H14ClNO2. The third-order valence-corrected chi connectivity index (χ3v) is 3.63. The van der Waals surface area contributed by atoms with Crippen molar-refractivity contribution in [1.82, 2.24) is 0 Å². The fourth-order valence-corrected chi connectivity index (χ4v) is 2.61. The molecule has 1 aliphatic rings. The maximum atomic E-state index is 12.3. The highest BCUT2D eigenvalue weighted by atomic mass is 35.5. The molecule has 0 unspecified atom stereocenters. The predicted octanol–water partition coefficient (Wildman–Crippen LogP) is 3.39. The summed E-state index contributed by atoms with van der Waals surface area (Å²) in [7, 11) is 0. The number of benzene rings is 2. The lowest BCUT2D eigenvalue weighted by Gasteiger charge is -2.37. The van der Waals surface area contributed by atoms with Crippen molar-refractivity contribution in [2.75, 3.05) is 17.4 Å². The average molecular weight is 288 g/mol. The number of hydrogen-bond donors (Lipinski definition) is 0. The lowest BCUT2D eigenvalue weighted by molar-refractivity contribution is -0.117. The molecule has 0 saturated heterocycles. The van der Waals surface area contributed by atoms with E-state index in [1.54, 1.807) is 4.90 Å². The molecule has 20 heavy (non-hydrogen) atoms. The van der Waals surface area contributed by atoms with Gasteiger partial charge in [0.2, 0.25) is 5.91 Å². The van der Waals surface area contributed by atoms with Gasteiger partial charge in [0.25, 0.3) is 0 Å². The topological polar surface area (TPSA) is 29.5 Å². The van der Waals surface area contributed by atoms with Crippen LogP contribution in [0.5, 0.6) is 5.75 Å². The SMILES string of the molecule is O=C(CCl)N1c2ccccc2OC[C@@H]1c1ccccc1. The van der Waals surface area contributed by atoms with Gasteiger partial charge in [-0.2, -0.15) is 0 Å². The summed E-state index contributed by atoms with van der Waals surface area (Å²) in [5.41, 5.74) is 1.82. The fraction of sp³-hybridized carbons (Fsp3) is 0.188. The Hall–Kier alpha value is -2.00. The van der Waals surface area contributed by atoms with Crippen LogP contribution in [0.25, 0.3) is 0 Å². The Balaban J connectivity index is 2.06. The molecule has 3 rings (SSSR count). The number of carbonyl (C=O) groups is 1. The molecule has 0 N–H and O–H groups in total. The molecule has 0 fully saturated rings. The smallest absolute Gasteiger partial charge is 0.242 e. The number of alkyl halides is 1. The van der Waals surface area contributed by atoms with Crippen molar-refractivity contribution in [3.63, 3.8) is 0 Å². The second-order valence-electron chi connectivity index (χ2n) is 4.60. The zero-order valence-corrected chi connectivity index (χ0v) is 11.6. The normalized spacial score (nSPS) is 17.2. The molecule has 0 radical (unpaired) electrons. The summed E-state index contributed by atoms with van der Waals surface area (Å²) in [5, 5.41) is 0. The van der Waals surface area contributed by atoms with E-state index in [1.165, 1.54) is 0 Å². The van der Waals surface area contributed by atoms with Crippen LogP contribution in [0, 0.1) is 0 Å². The molecule has 0 aromatic heterocycles. The van der Waals surface area contributed by atoms with E-state index in [2.05, 4.69) is 0 Å². The molecule has 4 heteroatoms. The van der Waals surface area contributed by atoms with Crippen LogP contribution in [0.2, 0.25) is 0 Å². The minimum Gasteiger partial charge on any atom is -0.489 e. The number of anilines is 1. The molecule has 0 spiro atoms. The van der Waals surface area contributed by atoms with Crippen LogP contribution in [-0.2, 0) is 4.79 Å². The molecule has 1 heterocycles. The van der Waals surface area contributed by atoms with Gasteiger partial charge in [-0.25, -0.2) is 0 Å². The second kappa shape index (κ2) is 5.55. The first kappa shape index (κ1) is 13.0. The summed E-state index contributed by atoms with van der Waals surface area (Å²) >= 11 is 5.77. The first-order valence-electron chi connectivity index (χ1n) is 6.46. The van der Waals surface area contributed by atoms with Gasteiger partial charge in [-0.05, 0) is 17.7 Å². The largest absolute Gasteiger partial charge is 0.489 e. The molecule has 0 aliphatic carbocycles. The highest BCUT2D eigenvalue weighted by Gasteiger charge is 2.32. The van der Waals surface area contributed by atoms with Crippen LogP contribution in [0.4, 0.5) is 5.69 Å². The number of hydrogen-bond acceptors (Lipinski definition) is 2. The first-order valence-corrected chi connectivity index (χ1v) is 6.99. The van der Waals surface area contributed by atoms with Crippen molar-refractivity contribution >= 4 is 23.2 Å². The minimum absolute atomic E-state index is 0.0440. The quantitative estimate of drug-likeness (QED) is 0.793. The number of ether oxygens (including phenoxy) is 1. The van der Waals surface area contributed by atoms with E-state index in [4.69, 9.17) is 16.3 Å². The van der Waals surface area contributed by atoms with Crippen LogP contribution in [0.3, 0.4) is 0 Å². The van der Waals surface area contributed by atoms with Crippen LogP contribution in [0.1, 0.15) is 11.6 Å². The van der Waals surface area contributed by atoms with E-state index in [9.17, 15) is 4.79 Å². The molecule has 2 aromatic rings. The predicted molar refractivity (Wildman–Crippen MR) is 79.3 cm³/mol. The van der Waals surface area contributed by atoms with Gasteiger partial charge in [0.15, 0.2) is 0 Å². The summed E-state index contributed by atoms with van der Waals surface area (Å²) in [4.78, 5) is 14.0. The minimum atomic E-state index is -0.141. The molecular weight excluding hydrogens is 274 g/mol. The standard InChI is InChI=1S/C16H14ClNO2/c17-10-16(19)18-13-8-4-5-9-15(13)20-11-14(18)12-6-2-1-3-7-12/h1-9,14H,10-11H2/t14-/m1/s1. The zero-order valence-electron chi connectivity index (χ0n) is 10.8. The Kier molecular flexibility index (Phi) is 3.61. The van der Waals surface area contributed by atoms with Gasteiger partial charge in [0.05, 0.1) is 11.7 Å². The van der Waals surface area contributed by atoms with Gasteiger partial charge in [-0.3, -0.25) is 9.69 Å². The number of para-hydroxylation sites is 2. The number of fused-ring (bicyclic) bond motifs is 1. The summed E-state index contributed by atoms with van der Waals surface area (Å²) in [6.07, 6.45) is 0. The number of amides is 1. The second-order valence-corrected chi connectivity index (χ2v) is 4.87. The third-order valence-electron chi connectivity index (χ3n) is 3.40. The van der Waals surface area contributed by atoms with Crippen molar-refractivity contribution in [3.8, 4) is 5.75 Å². The average Bonchev–Trinajstić information content (AvgIpc) is 2.54. The molecule has 3 nitrogen and oxygen atoms in total. The monoisotopic (exact) mass is 287 g/mol. The Morgan fingerprint density at radius 1 is 1.15 bits per heavy atom.